The lowest BCUT2D eigenvalue weighted by Crippen LogP contribution is -2.23. The van der Waals surface area contributed by atoms with Crippen LogP contribution in [0.2, 0.25) is 0 Å². The van der Waals surface area contributed by atoms with Crippen molar-refractivity contribution in [3.8, 4) is 0 Å². The lowest BCUT2D eigenvalue weighted by molar-refractivity contribution is 0.546. The standard InChI is InChI=1S/C15H20FN/c1-3-17-15(12-6-4-5-7-12)13-9-8-11(2)10-14(13)16/h6,8-10,15,17H,3-5,7H2,1-2H3. The Hall–Kier alpha value is -1.15. The first-order chi connectivity index (χ1) is 8.22. The third-order valence-corrected chi connectivity index (χ3v) is 3.32. The Morgan fingerprint density at radius 2 is 2.24 bits per heavy atom. The normalized spacial score (nSPS) is 17.0. The monoisotopic (exact) mass is 233 g/mol. The molecule has 1 nitrogen and oxygen atoms in total. The third-order valence-electron chi connectivity index (χ3n) is 3.32. The molecule has 0 saturated carbocycles. The molecule has 1 unspecified atom stereocenters. The fraction of sp³-hybridized carbons (Fsp3) is 0.467. The van der Waals surface area contributed by atoms with Crippen molar-refractivity contribution in [2.45, 2.75) is 39.2 Å². The molecule has 17 heavy (non-hydrogen) atoms. The van der Waals surface area contributed by atoms with E-state index in [1.807, 2.05) is 19.1 Å². The summed E-state index contributed by atoms with van der Waals surface area (Å²) >= 11 is 0. The number of hydrogen-bond acceptors (Lipinski definition) is 1. The summed E-state index contributed by atoms with van der Waals surface area (Å²) < 4.78 is 14.0. The van der Waals surface area contributed by atoms with Crippen LogP contribution >= 0.6 is 0 Å². The molecule has 1 N–H and O–H groups in total. The minimum atomic E-state index is -0.0937. The molecule has 2 rings (SSSR count). The smallest absolute Gasteiger partial charge is 0.128 e. The van der Waals surface area contributed by atoms with E-state index in [2.05, 4.69) is 18.3 Å². The van der Waals surface area contributed by atoms with Crippen molar-refractivity contribution in [3.63, 3.8) is 0 Å². The first-order valence-corrected chi connectivity index (χ1v) is 6.40. The minimum Gasteiger partial charge on any atom is -0.307 e. The molecular weight excluding hydrogens is 213 g/mol. The Labute approximate surface area is 103 Å². The number of aryl methyl sites for hydroxylation is 1. The number of halogens is 1. The van der Waals surface area contributed by atoms with Crippen LogP contribution in [0.3, 0.4) is 0 Å². The van der Waals surface area contributed by atoms with Crippen LogP contribution in [0.15, 0.2) is 29.8 Å². The zero-order chi connectivity index (χ0) is 12.3. The number of rotatable bonds is 4. The molecule has 0 bridgehead atoms. The average molecular weight is 233 g/mol. The van der Waals surface area contributed by atoms with Gasteiger partial charge in [-0.1, -0.05) is 30.7 Å². The number of benzene rings is 1. The highest BCUT2D eigenvalue weighted by Gasteiger charge is 2.20. The molecule has 0 heterocycles. The summed E-state index contributed by atoms with van der Waals surface area (Å²) in [7, 11) is 0. The van der Waals surface area contributed by atoms with E-state index in [0.717, 1.165) is 30.5 Å². The van der Waals surface area contributed by atoms with Gasteiger partial charge in [0.2, 0.25) is 0 Å². The van der Waals surface area contributed by atoms with Crippen molar-refractivity contribution in [3.05, 3.63) is 46.8 Å². The van der Waals surface area contributed by atoms with Crippen molar-refractivity contribution >= 4 is 0 Å². The van der Waals surface area contributed by atoms with E-state index in [4.69, 9.17) is 0 Å². The molecule has 2 heteroatoms. The van der Waals surface area contributed by atoms with Gasteiger partial charge in [-0.25, -0.2) is 4.39 Å². The zero-order valence-corrected chi connectivity index (χ0v) is 10.6. The van der Waals surface area contributed by atoms with Gasteiger partial charge in [-0.3, -0.25) is 0 Å². The first kappa shape index (κ1) is 12.3. The van der Waals surface area contributed by atoms with Gasteiger partial charge in [0.05, 0.1) is 6.04 Å². The molecule has 1 aliphatic carbocycles. The van der Waals surface area contributed by atoms with Gasteiger partial charge in [-0.05, 0) is 44.4 Å². The second-order valence-corrected chi connectivity index (χ2v) is 4.69. The van der Waals surface area contributed by atoms with Gasteiger partial charge in [-0.15, -0.1) is 0 Å². The van der Waals surface area contributed by atoms with Gasteiger partial charge >= 0.3 is 0 Å². The second kappa shape index (κ2) is 5.46. The lowest BCUT2D eigenvalue weighted by Gasteiger charge is -2.20. The summed E-state index contributed by atoms with van der Waals surface area (Å²) in [6.45, 7) is 4.84. The van der Waals surface area contributed by atoms with E-state index < -0.39 is 0 Å². The van der Waals surface area contributed by atoms with Crippen LogP contribution in [0.4, 0.5) is 4.39 Å². The fourth-order valence-corrected chi connectivity index (χ4v) is 2.47. The Morgan fingerprint density at radius 3 is 2.82 bits per heavy atom. The topological polar surface area (TPSA) is 12.0 Å². The van der Waals surface area contributed by atoms with Crippen LogP contribution in [-0.2, 0) is 0 Å². The van der Waals surface area contributed by atoms with Crippen molar-refractivity contribution in [1.29, 1.82) is 0 Å². The summed E-state index contributed by atoms with van der Waals surface area (Å²) in [5.74, 6) is -0.0937. The molecule has 0 saturated heterocycles. The summed E-state index contributed by atoms with van der Waals surface area (Å²) in [6.07, 6.45) is 5.67. The van der Waals surface area contributed by atoms with Crippen molar-refractivity contribution in [2.75, 3.05) is 6.54 Å². The molecular formula is C15H20FN. The van der Waals surface area contributed by atoms with Gasteiger partial charge in [0.1, 0.15) is 5.82 Å². The number of hydrogen-bond donors (Lipinski definition) is 1. The maximum Gasteiger partial charge on any atom is 0.128 e. The van der Waals surface area contributed by atoms with Crippen LogP contribution in [0, 0.1) is 12.7 Å². The van der Waals surface area contributed by atoms with Crippen molar-refractivity contribution in [1.82, 2.24) is 5.32 Å². The van der Waals surface area contributed by atoms with E-state index in [9.17, 15) is 4.39 Å². The van der Waals surface area contributed by atoms with E-state index in [1.54, 1.807) is 6.07 Å². The predicted molar refractivity (Wildman–Crippen MR) is 69.5 cm³/mol. The average Bonchev–Trinajstić information content (AvgIpc) is 2.80. The summed E-state index contributed by atoms with van der Waals surface area (Å²) in [5.41, 5.74) is 3.10. The van der Waals surface area contributed by atoms with Crippen molar-refractivity contribution < 1.29 is 4.39 Å². The molecule has 1 aromatic carbocycles. The van der Waals surface area contributed by atoms with Gasteiger partial charge in [0.15, 0.2) is 0 Å². The maximum atomic E-state index is 14.0. The zero-order valence-electron chi connectivity index (χ0n) is 10.6. The lowest BCUT2D eigenvalue weighted by atomic mass is 9.96. The van der Waals surface area contributed by atoms with E-state index in [-0.39, 0.29) is 11.9 Å². The molecule has 1 aliphatic rings. The molecule has 92 valence electrons. The highest BCUT2D eigenvalue weighted by Crippen LogP contribution is 2.32. The Balaban J connectivity index is 2.31. The molecule has 0 spiro atoms. The number of nitrogens with one attached hydrogen (secondary N) is 1. The van der Waals surface area contributed by atoms with E-state index in [1.165, 1.54) is 12.0 Å². The molecule has 0 aliphatic heterocycles. The highest BCUT2D eigenvalue weighted by molar-refractivity contribution is 5.33. The summed E-state index contributed by atoms with van der Waals surface area (Å²) in [4.78, 5) is 0. The second-order valence-electron chi connectivity index (χ2n) is 4.69. The Morgan fingerprint density at radius 1 is 1.41 bits per heavy atom. The third kappa shape index (κ3) is 2.75. The number of allylic oxidation sites excluding steroid dienone is 1. The van der Waals surface area contributed by atoms with Crippen LogP contribution in [0.1, 0.15) is 43.4 Å². The number of likely N-dealkylation sites (N-methyl/N-ethyl adjacent to an activating group) is 1. The fourth-order valence-electron chi connectivity index (χ4n) is 2.47. The van der Waals surface area contributed by atoms with Gasteiger partial charge < -0.3 is 5.32 Å². The summed E-state index contributed by atoms with van der Waals surface area (Å²) in [6, 6.07) is 5.58. The maximum absolute atomic E-state index is 14.0. The molecule has 1 atom stereocenters. The Bertz CT molecular complexity index is 423. The van der Waals surface area contributed by atoms with Crippen LogP contribution in [0.5, 0.6) is 0 Å². The van der Waals surface area contributed by atoms with Gasteiger partial charge in [-0.2, -0.15) is 0 Å². The first-order valence-electron chi connectivity index (χ1n) is 6.40. The minimum absolute atomic E-state index is 0.0584. The molecule has 0 radical (unpaired) electrons. The molecule has 0 fully saturated rings. The predicted octanol–water partition coefficient (Wildman–Crippen LogP) is 3.90. The molecule has 1 aromatic rings. The molecule has 0 aromatic heterocycles. The largest absolute Gasteiger partial charge is 0.307 e. The summed E-state index contributed by atoms with van der Waals surface area (Å²) in [5, 5.41) is 3.39. The van der Waals surface area contributed by atoms with Crippen LogP contribution in [-0.4, -0.2) is 6.54 Å². The highest BCUT2D eigenvalue weighted by atomic mass is 19.1. The SMILES string of the molecule is CCNC(C1=CCCC1)c1ccc(C)cc1F. The quantitative estimate of drug-likeness (QED) is 0.778. The van der Waals surface area contributed by atoms with E-state index in [0.29, 0.717) is 0 Å². The van der Waals surface area contributed by atoms with Gasteiger partial charge in [0, 0.05) is 5.56 Å². The van der Waals surface area contributed by atoms with Crippen LogP contribution in [0.25, 0.3) is 0 Å². The van der Waals surface area contributed by atoms with Gasteiger partial charge in [0.25, 0.3) is 0 Å². The van der Waals surface area contributed by atoms with E-state index >= 15 is 0 Å². The van der Waals surface area contributed by atoms with Crippen LogP contribution < -0.4 is 5.32 Å². The molecule has 0 amide bonds. The van der Waals surface area contributed by atoms with Crippen molar-refractivity contribution in [2.24, 2.45) is 0 Å². The Kier molecular flexibility index (Phi) is 3.95.